The number of likely N-dealkylation sites (tertiary alicyclic amines) is 1. The van der Waals surface area contributed by atoms with Gasteiger partial charge in [-0.25, -0.2) is 4.79 Å². The highest BCUT2D eigenvalue weighted by Crippen LogP contribution is 2.33. The molecule has 2 aromatic carbocycles. The molecule has 1 aliphatic rings. The number of urea groups is 1. The first-order valence-electron chi connectivity index (χ1n) is 9.78. The summed E-state index contributed by atoms with van der Waals surface area (Å²) in [7, 11) is 3.14. The molecule has 2 heterocycles. The van der Waals surface area contributed by atoms with E-state index >= 15 is 0 Å². The van der Waals surface area contributed by atoms with Gasteiger partial charge in [0.1, 0.15) is 17.5 Å². The van der Waals surface area contributed by atoms with Gasteiger partial charge in [0.15, 0.2) is 0 Å². The van der Waals surface area contributed by atoms with Crippen LogP contribution in [0.25, 0.3) is 11.4 Å². The van der Waals surface area contributed by atoms with Crippen LogP contribution < -0.4 is 14.8 Å². The third-order valence-electron chi connectivity index (χ3n) is 5.15. The van der Waals surface area contributed by atoms with Crippen molar-refractivity contribution < 1.29 is 18.8 Å². The molecule has 2 amide bonds. The van der Waals surface area contributed by atoms with Crippen molar-refractivity contribution in [2.45, 2.75) is 25.8 Å². The number of nitrogens with zero attached hydrogens (tertiary/aromatic N) is 3. The van der Waals surface area contributed by atoms with E-state index in [1.807, 2.05) is 31.2 Å². The first-order valence-corrected chi connectivity index (χ1v) is 9.78. The molecule has 8 heteroatoms. The first kappa shape index (κ1) is 19.8. The number of anilines is 1. The van der Waals surface area contributed by atoms with Crippen molar-refractivity contribution in [2.75, 3.05) is 26.1 Å². The first-order chi connectivity index (χ1) is 14.6. The number of rotatable bonds is 5. The smallest absolute Gasteiger partial charge is 0.322 e. The molecule has 0 saturated carbocycles. The number of hydrogen-bond acceptors (Lipinski definition) is 6. The molecule has 0 spiro atoms. The van der Waals surface area contributed by atoms with Crippen LogP contribution in [-0.4, -0.2) is 41.8 Å². The van der Waals surface area contributed by atoms with Crippen LogP contribution in [0.1, 0.15) is 30.3 Å². The van der Waals surface area contributed by atoms with E-state index in [0.29, 0.717) is 35.4 Å². The van der Waals surface area contributed by atoms with Gasteiger partial charge in [0.2, 0.25) is 11.7 Å². The summed E-state index contributed by atoms with van der Waals surface area (Å²) < 4.78 is 16.1. The lowest BCUT2D eigenvalue weighted by Gasteiger charge is -2.22. The fourth-order valence-corrected chi connectivity index (χ4v) is 3.53. The molecule has 8 nitrogen and oxygen atoms in total. The van der Waals surface area contributed by atoms with Crippen LogP contribution in [-0.2, 0) is 0 Å². The molecule has 1 atom stereocenters. The third kappa shape index (κ3) is 4.07. The Morgan fingerprint density at radius 1 is 1.13 bits per heavy atom. The lowest BCUT2D eigenvalue weighted by Crippen LogP contribution is -2.34. The van der Waals surface area contributed by atoms with Gasteiger partial charge < -0.3 is 24.2 Å². The summed E-state index contributed by atoms with van der Waals surface area (Å²) in [5.41, 5.74) is 2.64. The van der Waals surface area contributed by atoms with Gasteiger partial charge in [-0.2, -0.15) is 4.98 Å². The highest BCUT2D eigenvalue weighted by Gasteiger charge is 2.34. The van der Waals surface area contributed by atoms with Crippen LogP contribution in [0.3, 0.4) is 0 Å². The summed E-state index contributed by atoms with van der Waals surface area (Å²) in [4.78, 5) is 19.2. The maximum atomic E-state index is 13.0. The molecule has 1 aromatic heterocycles. The number of carbonyl (C=O) groups is 1. The second kappa shape index (κ2) is 8.44. The van der Waals surface area contributed by atoms with Crippen LogP contribution in [0.4, 0.5) is 10.5 Å². The number of methoxy groups -OCH3 is 2. The minimum atomic E-state index is -0.260. The van der Waals surface area contributed by atoms with E-state index < -0.39 is 0 Å². The quantitative estimate of drug-likeness (QED) is 0.672. The molecule has 0 aliphatic carbocycles. The summed E-state index contributed by atoms with van der Waals surface area (Å²) in [6.07, 6.45) is 1.63. The number of nitrogens with one attached hydrogen (secondary N) is 1. The minimum Gasteiger partial charge on any atom is -0.497 e. The molecule has 30 heavy (non-hydrogen) atoms. The van der Waals surface area contributed by atoms with Gasteiger partial charge in [-0.1, -0.05) is 35.0 Å². The molecular weight excluding hydrogens is 384 g/mol. The van der Waals surface area contributed by atoms with Gasteiger partial charge in [0.25, 0.3) is 0 Å². The Morgan fingerprint density at radius 2 is 1.83 bits per heavy atom. The van der Waals surface area contributed by atoms with Crippen molar-refractivity contribution in [3.63, 3.8) is 0 Å². The van der Waals surface area contributed by atoms with Gasteiger partial charge >= 0.3 is 6.03 Å². The molecule has 1 saturated heterocycles. The van der Waals surface area contributed by atoms with Crippen molar-refractivity contribution in [2.24, 2.45) is 0 Å². The molecule has 0 radical (unpaired) electrons. The largest absolute Gasteiger partial charge is 0.497 e. The Balaban J connectivity index is 1.51. The summed E-state index contributed by atoms with van der Waals surface area (Å²) in [6.45, 7) is 2.64. The van der Waals surface area contributed by atoms with E-state index in [1.165, 1.54) is 0 Å². The van der Waals surface area contributed by atoms with E-state index in [9.17, 15) is 4.79 Å². The van der Waals surface area contributed by atoms with E-state index in [4.69, 9.17) is 14.0 Å². The molecule has 156 valence electrons. The maximum absolute atomic E-state index is 13.0. The maximum Gasteiger partial charge on any atom is 0.322 e. The molecule has 0 unspecified atom stereocenters. The van der Waals surface area contributed by atoms with Crippen LogP contribution in [0, 0.1) is 6.92 Å². The summed E-state index contributed by atoms with van der Waals surface area (Å²) in [5.74, 6) is 2.17. The van der Waals surface area contributed by atoms with Crippen molar-refractivity contribution in [3.05, 3.63) is 53.9 Å². The second-order valence-electron chi connectivity index (χ2n) is 7.21. The van der Waals surface area contributed by atoms with E-state index in [0.717, 1.165) is 24.0 Å². The SMILES string of the molecule is COc1cc(NC(=O)N2CCC[C@@H]2c2nc(-c3ccc(C)cc3)no2)cc(OC)c1. The third-order valence-corrected chi connectivity index (χ3v) is 5.15. The number of carbonyl (C=O) groups excluding carboxylic acids is 1. The fraction of sp³-hybridized carbons (Fsp3) is 0.318. The highest BCUT2D eigenvalue weighted by atomic mass is 16.5. The Morgan fingerprint density at radius 3 is 2.50 bits per heavy atom. The number of benzene rings is 2. The normalized spacial score (nSPS) is 15.8. The second-order valence-corrected chi connectivity index (χ2v) is 7.21. The van der Waals surface area contributed by atoms with Crippen LogP contribution in [0.5, 0.6) is 11.5 Å². The monoisotopic (exact) mass is 408 g/mol. The van der Waals surface area contributed by atoms with Crippen molar-refractivity contribution >= 4 is 11.7 Å². The molecular formula is C22H24N4O4. The average Bonchev–Trinajstić information content (AvgIpc) is 3.43. The number of aryl methyl sites for hydroxylation is 1. The number of amides is 2. The van der Waals surface area contributed by atoms with Crippen molar-refractivity contribution in [1.82, 2.24) is 15.0 Å². The van der Waals surface area contributed by atoms with E-state index in [1.54, 1.807) is 37.3 Å². The Hall–Kier alpha value is -3.55. The molecule has 3 aromatic rings. The zero-order valence-corrected chi connectivity index (χ0v) is 17.2. The van der Waals surface area contributed by atoms with Crippen LogP contribution in [0.15, 0.2) is 47.0 Å². The summed E-state index contributed by atoms with van der Waals surface area (Å²) >= 11 is 0. The fourth-order valence-electron chi connectivity index (χ4n) is 3.53. The molecule has 4 rings (SSSR count). The number of aromatic nitrogens is 2. The Kier molecular flexibility index (Phi) is 5.56. The van der Waals surface area contributed by atoms with Crippen molar-refractivity contribution in [1.29, 1.82) is 0 Å². The van der Waals surface area contributed by atoms with Gasteiger partial charge in [-0.3, -0.25) is 0 Å². The van der Waals surface area contributed by atoms with Crippen LogP contribution >= 0.6 is 0 Å². The molecule has 0 bridgehead atoms. The standard InChI is InChI=1S/C22H24N4O4/c1-14-6-8-15(9-7-14)20-24-21(30-25-20)19-5-4-10-26(19)22(27)23-16-11-17(28-2)13-18(12-16)29-3/h6-9,11-13,19H,4-5,10H2,1-3H3,(H,23,27)/t19-/m1/s1. The topological polar surface area (TPSA) is 89.7 Å². The van der Waals surface area contributed by atoms with E-state index in [2.05, 4.69) is 15.5 Å². The lowest BCUT2D eigenvalue weighted by atomic mass is 10.1. The predicted molar refractivity (Wildman–Crippen MR) is 112 cm³/mol. The highest BCUT2D eigenvalue weighted by molar-refractivity contribution is 5.90. The average molecular weight is 408 g/mol. The number of ether oxygens (including phenoxy) is 2. The van der Waals surface area contributed by atoms with E-state index in [-0.39, 0.29) is 12.1 Å². The van der Waals surface area contributed by atoms with Gasteiger partial charge in [-0.05, 0) is 19.8 Å². The number of hydrogen-bond donors (Lipinski definition) is 1. The molecule has 1 N–H and O–H groups in total. The van der Waals surface area contributed by atoms with Gasteiger partial charge in [0.05, 0.1) is 14.2 Å². The summed E-state index contributed by atoms with van der Waals surface area (Å²) in [5, 5.41) is 7.02. The van der Waals surface area contributed by atoms with Crippen LogP contribution in [0.2, 0.25) is 0 Å². The Labute approximate surface area is 174 Å². The van der Waals surface area contributed by atoms with Crippen molar-refractivity contribution in [3.8, 4) is 22.9 Å². The minimum absolute atomic E-state index is 0.233. The van der Waals surface area contributed by atoms with Gasteiger partial charge in [-0.15, -0.1) is 0 Å². The summed E-state index contributed by atoms with van der Waals surface area (Å²) in [6, 6.07) is 12.7. The lowest BCUT2D eigenvalue weighted by molar-refractivity contribution is 0.193. The molecule has 1 fully saturated rings. The zero-order chi connectivity index (χ0) is 21.1. The van der Waals surface area contributed by atoms with Gasteiger partial charge in [0, 0.05) is 36.0 Å². The zero-order valence-electron chi connectivity index (χ0n) is 17.2. The Bertz CT molecular complexity index is 1010. The molecule has 1 aliphatic heterocycles. The predicted octanol–water partition coefficient (Wildman–Crippen LogP) is 4.43.